The zero-order valence-corrected chi connectivity index (χ0v) is 10.1. The summed E-state index contributed by atoms with van der Waals surface area (Å²) in [5.41, 5.74) is 0. The van der Waals surface area contributed by atoms with Gasteiger partial charge in [0.15, 0.2) is 0 Å². The van der Waals surface area contributed by atoms with Crippen molar-refractivity contribution in [2.75, 3.05) is 13.1 Å². The third kappa shape index (κ3) is 1.54. The maximum Gasteiger partial charge on any atom is 0.0227 e. The van der Waals surface area contributed by atoms with Crippen LogP contribution >= 0.6 is 15.9 Å². The van der Waals surface area contributed by atoms with Crippen LogP contribution in [0.5, 0.6) is 0 Å². The maximum absolute atomic E-state index is 3.83. The van der Waals surface area contributed by atoms with Crippen LogP contribution in [0.2, 0.25) is 0 Å². The van der Waals surface area contributed by atoms with Crippen molar-refractivity contribution < 1.29 is 0 Å². The zero-order valence-electron chi connectivity index (χ0n) is 8.51. The van der Waals surface area contributed by atoms with E-state index in [0.717, 1.165) is 28.7 Å². The van der Waals surface area contributed by atoms with Gasteiger partial charge in [0.05, 0.1) is 0 Å². The molecule has 5 unspecified atom stereocenters. The van der Waals surface area contributed by atoms with E-state index in [1.807, 2.05) is 0 Å². The lowest BCUT2D eigenvalue weighted by Gasteiger charge is -2.33. The fraction of sp³-hybridized carbons (Fsp3) is 1.00. The molecule has 5 atom stereocenters. The molecule has 0 aromatic heterocycles. The van der Waals surface area contributed by atoms with Gasteiger partial charge in [-0.3, -0.25) is 0 Å². The molecule has 2 heterocycles. The van der Waals surface area contributed by atoms with Crippen molar-refractivity contribution in [1.29, 1.82) is 0 Å². The summed E-state index contributed by atoms with van der Waals surface area (Å²) in [6.07, 6.45) is 5.57. The average molecular weight is 259 g/mol. The quantitative estimate of drug-likeness (QED) is 0.644. The second-order valence-electron chi connectivity index (χ2n) is 5.11. The first-order valence-corrected chi connectivity index (χ1v) is 6.87. The predicted molar refractivity (Wildman–Crippen MR) is 61.7 cm³/mol. The summed E-state index contributed by atoms with van der Waals surface area (Å²) in [4.78, 5) is 0.768. The van der Waals surface area contributed by atoms with E-state index in [0.29, 0.717) is 0 Å². The van der Waals surface area contributed by atoms with Crippen LogP contribution in [0.15, 0.2) is 0 Å². The van der Waals surface area contributed by atoms with Crippen molar-refractivity contribution in [2.45, 2.75) is 42.6 Å². The Balaban J connectivity index is 1.74. The fourth-order valence-electron chi connectivity index (χ4n) is 3.70. The zero-order chi connectivity index (χ0) is 9.54. The molecule has 0 amide bonds. The number of hydrogen-bond donors (Lipinski definition) is 2. The van der Waals surface area contributed by atoms with Crippen molar-refractivity contribution in [2.24, 2.45) is 11.8 Å². The molecule has 2 saturated heterocycles. The largest absolute Gasteiger partial charge is 0.315 e. The van der Waals surface area contributed by atoms with E-state index in [1.165, 1.54) is 38.8 Å². The third-order valence-electron chi connectivity index (χ3n) is 4.35. The molecule has 0 aromatic carbocycles. The number of rotatable bonds is 0. The van der Waals surface area contributed by atoms with E-state index < -0.39 is 0 Å². The molecule has 0 aromatic rings. The normalized spacial score (nSPS) is 52.5. The molecule has 0 radical (unpaired) electrons. The van der Waals surface area contributed by atoms with Crippen molar-refractivity contribution >= 4 is 15.9 Å². The van der Waals surface area contributed by atoms with Crippen molar-refractivity contribution in [3.8, 4) is 0 Å². The monoisotopic (exact) mass is 258 g/mol. The number of hydrogen-bond acceptors (Lipinski definition) is 2. The molecule has 80 valence electrons. The summed E-state index contributed by atoms with van der Waals surface area (Å²) in [6, 6.07) is 1.58. The molecule has 2 aliphatic heterocycles. The summed E-state index contributed by atoms with van der Waals surface area (Å²) in [6.45, 7) is 2.44. The number of nitrogens with one attached hydrogen (secondary N) is 2. The molecule has 1 saturated carbocycles. The van der Waals surface area contributed by atoms with Gasteiger partial charge in [0, 0.05) is 23.5 Å². The van der Waals surface area contributed by atoms with Crippen LogP contribution in [0.4, 0.5) is 0 Å². The predicted octanol–water partition coefficient (Wildman–Crippen LogP) is 1.50. The molecule has 0 bridgehead atoms. The van der Waals surface area contributed by atoms with E-state index in [4.69, 9.17) is 0 Å². The molecular formula is C11H19BrN2. The Morgan fingerprint density at radius 2 is 1.86 bits per heavy atom. The SMILES string of the molecule is BrC1CCC2C(C1)NC1CNCCC12. The van der Waals surface area contributed by atoms with Gasteiger partial charge in [-0.1, -0.05) is 15.9 Å². The summed E-state index contributed by atoms with van der Waals surface area (Å²) < 4.78 is 0. The second-order valence-corrected chi connectivity index (χ2v) is 6.41. The highest BCUT2D eigenvalue weighted by Gasteiger charge is 2.45. The summed E-state index contributed by atoms with van der Waals surface area (Å²) in [5, 5.41) is 7.34. The molecule has 3 heteroatoms. The molecule has 3 aliphatic rings. The lowest BCUT2D eigenvalue weighted by Crippen LogP contribution is -2.44. The minimum absolute atomic E-state index is 0.768. The third-order valence-corrected chi connectivity index (χ3v) is 5.19. The van der Waals surface area contributed by atoms with Gasteiger partial charge in [-0.05, 0) is 44.1 Å². The Bertz CT molecular complexity index is 221. The smallest absolute Gasteiger partial charge is 0.0227 e. The van der Waals surface area contributed by atoms with Crippen molar-refractivity contribution in [1.82, 2.24) is 10.6 Å². The lowest BCUT2D eigenvalue weighted by molar-refractivity contribution is 0.242. The van der Waals surface area contributed by atoms with Gasteiger partial charge in [-0.15, -0.1) is 0 Å². The Hall–Kier alpha value is 0.400. The van der Waals surface area contributed by atoms with Crippen LogP contribution < -0.4 is 10.6 Å². The first kappa shape index (κ1) is 9.61. The molecule has 0 spiro atoms. The first-order valence-electron chi connectivity index (χ1n) is 5.95. The summed E-state index contributed by atoms with van der Waals surface area (Å²) in [7, 11) is 0. The van der Waals surface area contributed by atoms with Gasteiger partial charge < -0.3 is 10.6 Å². The molecule has 3 rings (SSSR count). The van der Waals surface area contributed by atoms with Crippen LogP contribution in [-0.4, -0.2) is 30.0 Å². The lowest BCUT2D eigenvalue weighted by atomic mass is 9.76. The maximum atomic E-state index is 3.83. The van der Waals surface area contributed by atoms with Crippen LogP contribution in [0.3, 0.4) is 0 Å². The first-order chi connectivity index (χ1) is 6.84. The fourth-order valence-corrected chi connectivity index (χ4v) is 4.36. The van der Waals surface area contributed by atoms with E-state index >= 15 is 0 Å². The number of alkyl halides is 1. The molecule has 14 heavy (non-hydrogen) atoms. The standard InChI is InChI=1S/C11H19BrN2/c12-7-1-2-8-9-3-4-13-6-11(9)14-10(8)5-7/h7-11,13-14H,1-6H2. The topological polar surface area (TPSA) is 24.1 Å². The molecule has 1 aliphatic carbocycles. The Labute approximate surface area is 94.3 Å². The Morgan fingerprint density at radius 1 is 1.00 bits per heavy atom. The Kier molecular flexibility index (Phi) is 2.58. The highest BCUT2D eigenvalue weighted by Crippen LogP contribution is 2.41. The summed E-state index contributed by atoms with van der Waals surface area (Å²) in [5.74, 6) is 1.96. The summed E-state index contributed by atoms with van der Waals surface area (Å²) >= 11 is 3.77. The minimum Gasteiger partial charge on any atom is -0.315 e. The van der Waals surface area contributed by atoms with Crippen LogP contribution in [0.1, 0.15) is 25.7 Å². The molecule has 2 N–H and O–H groups in total. The molecular weight excluding hydrogens is 240 g/mol. The van der Waals surface area contributed by atoms with Gasteiger partial charge >= 0.3 is 0 Å². The van der Waals surface area contributed by atoms with Crippen LogP contribution in [-0.2, 0) is 0 Å². The molecule has 3 fully saturated rings. The number of fused-ring (bicyclic) bond motifs is 3. The van der Waals surface area contributed by atoms with Gasteiger partial charge in [-0.25, -0.2) is 0 Å². The van der Waals surface area contributed by atoms with Crippen LogP contribution in [0.25, 0.3) is 0 Å². The van der Waals surface area contributed by atoms with Gasteiger partial charge in [0.25, 0.3) is 0 Å². The van der Waals surface area contributed by atoms with Gasteiger partial charge in [0.2, 0.25) is 0 Å². The van der Waals surface area contributed by atoms with Crippen molar-refractivity contribution in [3.63, 3.8) is 0 Å². The second kappa shape index (κ2) is 3.76. The van der Waals surface area contributed by atoms with E-state index in [-0.39, 0.29) is 0 Å². The minimum atomic E-state index is 0.768. The van der Waals surface area contributed by atoms with Gasteiger partial charge in [-0.2, -0.15) is 0 Å². The average Bonchev–Trinajstić information content (AvgIpc) is 2.54. The molecule has 2 nitrogen and oxygen atoms in total. The number of halogens is 1. The number of piperidine rings is 1. The van der Waals surface area contributed by atoms with Gasteiger partial charge in [0.1, 0.15) is 0 Å². The van der Waals surface area contributed by atoms with Crippen LogP contribution in [0, 0.1) is 11.8 Å². The Morgan fingerprint density at radius 3 is 2.79 bits per heavy atom. The van der Waals surface area contributed by atoms with E-state index in [1.54, 1.807) is 0 Å². The van der Waals surface area contributed by atoms with Crippen molar-refractivity contribution in [3.05, 3.63) is 0 Å². The highest BCUT2D eigenvalue weighted by atomic mass is 79.9. The van der Waals surface area contributed by atoms with E-state index in [9.17, 15) is 0 Å². The van der Waals surface area contributed by atoms with E-state index in [2.05, 4.69) is 26.6 Å². The highest BCUT2D eigenvalue weighted by molar-refractivity contribution is 9.09.